The number of carbonyl (C=O) groups excluding carboxylic acids is 1. The third-order valence-corrected chi connectivity index (χ3v) is 3.72. The zero-order valence-corrected chi connectivity index (χ0v) is 11.2. The molecule has 1 aliphatic heterocycles. The van der Waals surface area contributed by atoms with Crippen molar-refractivity contribution in [2.75, 3.05) is 25.1 Å². The van der Waals surface area contributed by atoms with E-state index in [0.29, 0.717) is 12.2 Å². The van der Waals surface area contributed by atoms with E-state index in [9.17, 15) is 4.79 Å². The second kappa shape index (κ2) is 5.89. The van der Waals surface area contributed by atoms with Crippen LogP contribution in [0.1, 0.15) is 26.2 Å². The Balaban J connectivity index is 1.98. The molecular formula is C15H21NO2. The minimum atomic E-state index is 0.275. The third-order valence-electron chi connectivity index (χ3n) is 3.72. The Morgan fingerprint density at radius 2 is 2.11 bits per heavy atom. The fraction of sp³-hybridized carbons (Fsp3) is 0.533. The highest BCUT2D eigenvalue weighted by atomic mass is 16.5. The lowest BCUT2D eigenvalue weighted by atomic mass is 9.91. The van der Waals surface area contributed by atoms with Crippen molar-refractivity contribution in [1.29, 1.82) is 0 Å². The molecule has 2 rings (SSSR count). The number of benzene rings is 1. The second-order valence-corrected chi connectivity index (χ2v) is 4.78. The van der Waals surface area contributed by atoms with E-state index in [-0.39, 0.29) is 5.92 Å². The molecule has 0 aromatic heterocycles. The number of anilines is 1. The fourth-order valence-electron chi connectivity index (χ4n) is 2.56. The first kappa shape index (κ1) is 12.9. The summed E-state index contributed by atoms with van der Waals surface area (Å²) in [5.41, 5.74) is 1.19. The van der Waals surface area contributed by atoms with Gasteiger partial charge in [0.05, 0.1) is 7.11 Å². The van der Waals surface area contributed by atoms with Crippen molar-refractivity contribution in [3.05, 3.63) is 24.3 Å². The smallest absolute Gasteiger partial charge is 0.135 e. The normalized spacial score (nSPS) is 16.7. The Morgan fingerprint density at radius 3 is 2.72 bits per heavy atom. The Kier molecular flexibility index (Phi) is 4.24. The number of methoxy groups -OCH3 is 1. The molecule has 0 bridgehead atoms. The molecule has 0 unspecified atom stereocenters. The molecule has 0 aliphatic carbocycles. The van der Waals surface area contributed by atoms with Gasteiger partial charge in [0, 0.05) is 37.2 Å². The molecule has 1 aliphatic rings. The van der Waals surface area contributed by atoms with E-state index in [0.717, 1.165) is 31.7 Å². The van der Waals surface area contributed by atoms with E-state index in [1.54, 1.807) is 7.11 Å². The minimum absolute atomic E-state index is 0.275. The van der Waals surface area contributed by atoms with Gasteiger partial charge in [-0.2, -0.15) is 0 Å². The molecule has 18 heavy (non-hydrogen) atoms. The predicted molar refractivity (Wildman–Crippen MR) is 73.2 cm³/mol. The summed E-state index contributed by atoms with van der Waals surface area (Å²) in [7, 11) is 1.69. The van der Waals surface area contributed by atoms with Crippen LogP contribution >= 0.6 is 0 Å². The van der Waals surface area contributed by atoms with Gasteiger partial charge < -0.3 is 9.64 Å². The number of ether oxygens (including phenoxy) is 1. The molecule has 98 valence electrons. The first-order chi connectivity index (χ1) is 8.74. The van der Waals surface area contributed by atoms with Gasteiger partial charge in [0.1, 0.15) is 11.5 Å². The maximum atomic E-state index is 11.7. The van der Waals surface area contributed by atoms with Crippen LogP contribution in [0.2, 0.25) is 0 Å². The van der Waals surface area contributed by atoms with Crippen LogP contribution in [0, 0.1) is 5.92 Å². The number of Topliss-reactive ketones (excluding diaryl/α,β-unsaturated/α-hetero) is 1. The highest BCUT2D eigenvalue weighted by Crippen LogP contribution is 2.26. The van der Waals surface area contributed by atoms with Crippen LogP contribution in [0.4, 0.5) is 5.69 Å². The molecule has 1 saturated heterocycles. The lowest BCUT2D eigenvalue weighted by molar-refractivity contribution is -0.123. The predicted octanol–water partition coefficient (Wildman–Crippen LogP) is 2.89. The zero-order chi connectivity index (χ0) is 13.0. The van der Waals surface area contributed by atoms with Gasteiger partial charge in [-0.1, -0.05) is 13.0 Å². The van der Waals surface area contributed by atoms with E-state index in [1.807, 2.05) is 19.1 Å². The van der Waals surface area contributed by atoms with Crippen LogP contribution in [-0.2, 0) is 4.79 Å². The topological polar surface area (TPSA) is 29.5 Å². The molecule has 0 amide bonds. The van der Waals surface area contributed by atoms with E-state index in [2.05, 4.69) is 17.0 Å². The van der Waals surface area contributed by atoms with Crippen molar-refractivity contribution in [1.82, 2.24) is 0 Å². The number of carbonyl (C=O) groups is 1. The van der Waals surface area contributed by atoms with Crippen molar-refractivity contribution in [2.45, 2.75) is 26.2 Å². The van der Waals surface area contributed by atoms with Crippen molar-refractivity contribution >= 4 is 11.5 Å². The summed E-state index contributed by atoms with van der Waals surface area (Å²) in [6, 6.07) is 8.13. The SMILES string of the molecule is CCC(=O)C1CCN(c2cccc(OC)c2)CC1. The highest BCUT2D eigenvalue weighted by molar-refractivity contribution is 5.81. The van der Waals surface area contributed by atoms with Gasteiger partial charge in [-0.3, -0.25) is 4.79 Å². The van der Waals surface area contributed by atoms with Gasteiger partial charge in [-0.15, -0.1) is 0 Å². The lowest BCUT2D eigenvalue weighted by Crippen LogP contribution is -2.36. The van der Waals surface area contributed by atoms with Gasteiger partial charge >= 0.3 is 0 Å². The van der Waals surface area contributed by atoms with Crippen molar-refractivity contribution in [2.24, 2.45) is 5.92 Å². The molecule has 0 radical (unpaired) electrons. The summed E-state index contributed by atoms with van der Waals surface area (Å²) in [6.07, 6.45) is 2.62. The molecular weight excluding hydrogens is 226 g/mol. The molecule has 0 saturated carbocycles. The van der Waals surface area contributed by atoms with Crippen LogP contribution in [0.15, 0.2) is 24.3 Å². The quantitative estimate of drug-likeness (QED) is 0.819. The van der Waals surface area contributed by atoms with Gasteiger partial charge in [0.25, 0.3) is 0 Å². The third kappa shape index (κ3) is 2.84. The van der Waals surface area contributed by atoms with Crippen molar-refractivity contribution in [3.8, 4) is 5.75 Å². The van der Waals surface area contributed by atoms with E-state index < -0.39 is 0 Å². The van der Waals surface area contributed by atoms with Gasteiger partial charge in [-0.05, 0) is 25.0 Å². The summed E-state index contributed by atoms with van der Waals surface area (Å²) in [6.45, 7) is 3.88. The number of ketones is 1. The van der Waals surface area contributed by atoms with Crippen molar-refractivity contribution < 1.29 is 9.53 Å². The Bertz CT molecular complexity index is 409. The maximum Gasteiger partial charge on any atom is 0.135 e. The second-order valence-electron chi connectivity index (χ2n) is 4.78. The highest BCUT2D eigenvalue weighted by Gasteiger charge is 2.23. The maximum absolute atomic E-state index is 11.7. The Hall–Kier alpha value is -1.51. The molecule has 3 heteroatoms. The number of hydrogen-bond acceptors (Lipinski definition) is 3. The molecule has 1 heterocycles. The molecule has 0 atom stereocenters. The molecule has 0 N–H and O–H groups in total. The number of nitrogens with zero attached hydrogens (tertiary/aromatic N) is 1. The molecule has 3 nitrogen and oxygen atoms in total. The Morgan fingerprint density at radius 1 is 1.39 bits per heavy atom. The molecule has 1 fully saturated rings. The number of piperidine rings is 1. The first-order valence-corrected chi connectivity index (χ1v) is 6.66. The van der Waals surface area contributed by atoms with Crippen molar-refractivity contribution in [3.63, 3.8) is 0 Å². The summed E-state index contributed by atoms with van der Waals surface area (Å²) < 4.78 is 5.24. The van der Waals surface area contributed by atoms with Crippen LogP contribution < -0.4 is 9.64 Å². The number of hydrogen-bond donors (Lipinski definition) is 0. The van der Waals surface area contributed by atoms with E-state index in [1.165, 1.54) is 5.69 Å². The van der Waals surface area contributed by atoms with Crippen LogP contribution in [-0.4, -0.2) is 26.0 Å². The largest absolute Gasteiger partial charge is 0.497 e. The van der Waals surface area contributed by atoms with Gasteiger partial charge in [0.15, 0.2) is 0 Å². The summed E-state index contributed by atoms with van der Waals surface area (Å²) in [4.78, 5) is 14.0. The molecule has 1 aromatic rings. The monoisotopic (exact) mass is 247 g/mol. The van der Waals surface area contributed by atoms with E-state index >= 15 is 0 Å². The first-order valence-electron chi connectivity index (χ1n) is 6.66. The van der Waals surface area contributed by atoms with Gasteiger partial charge in [-0.25, -0.2) is 0 Å². The summed E-state index contributed by atoms with van der Waals surface area (Å²) in [5, 5.41) is 0. The average Bonchev–Trinajstić information content (AvgIpc) is 2.46. The lowest BCUT2D eigenvalue weighted by Gasteiger charge is -2.33. The molecule has 0 spiro atoms. The van der Waals surface area contributed by atoms with Crippen LogP contribution in [0.25, 0.3) is 0 Å². The fourth-order valence-corrected chi connectivity index (χ4v) is 2.56. The van der Waals surface area contributed by atoms with E-state index in [4.69, 9.17) is 4.74 Å². The Labute approximate surface area is 109 Å². The summed E-state index contributed by atoms with van der Waals surface area (Å²) >= 11 is 0. The standard InChI is InChI=1S/C15H21NO2/c1-3-15(17)12-7-9-16(10-8-12)13-5-4-6-14(11-13)18-2/h4-6,11-12H,3,7-10H2,1-2H3. The average molecular weight is 247 g/mol. The van der Waals surface area contributed by atoms with Crippen LogP contribution in [0.3, 0.4) is 0 Å². The van der Waals surface area contributed by atoms with Crippen LogP contribution in [0.5, 0.6) is 5.75 Å². The molecule has 1 aromatic carbocycles. The minimum Gasteiger partial charge on any atom is -0.497 e. The number of rotatable bonds is 4. The summed E-state index contributed by atoms with van der Waals surface area (Å²) in [5.74, 6) is 1.58. The van der Waals surface area contributed by atoms with Gasteiger partial charge in [0.2, 0.25) is 0 Å². The zero-order valence-electron chi connectivity index (χ0n) is 11.2.